The molecule has 0 aromatic heterocycles. The summed E-state index contributed by atoms with van der Waals surface area (Å²) in [6, 6.07) is 4.39. The fraction of sp³-hybridized carbons (Fsp3) is 0.625. The van der Waals surface area contributed by atoms with Crippen molar-refractivity contribution < 1.29 is 9.47 Å². The van der Waals surface area contributed by atoms with Gasteiger partial charge in [0.15, 0.2) is 0 Å². The van der Waals surface area contributed by atoms with Crippen LogP contribution >= 0.6 is 0 Å². The SMILES string of the molecule is COc1cc(C)c(CN2C[C@@H](C)O[C@@H](C)C2)cc1C. The molecule has 0 N–H and O–H groups in total. The minimum absolute atomic E-state index is 0.323. The second-order valence-electron chi connectivity index (χ2n) is 5.70. The van der Waals surface area contributed by atoms with Gasteiger partial charge in [0.2, 0.25) is 0 Å². The molecule has 1 aromatic rings. The van der Waals surface area contributed by atoms with Gasteiger partial charge < -0.3 is 9.47 Å². The first kappa shape index (κ1) is 14.4. The van der Waals surface area contributed by atoms with Gasteiger partial charge in [0.25, 0.3) is 0 Å². The molecule has 0 saturated carbocycles. The Labute approximate surface area is 116 Å². The molecule has 1 aliphatic heterocycles. The summed E-state index contributed by atoms with van der Waals surface area (Å²) in [7, 11) is 1.73. The van der Waals surface area contributed by atoms with Crippen LogP contribution < -0.4 is 4.74 Å². The molecule has 1 aromatic carbocycles. The third-order valence-corrected chi connectivity index (χ3v) is 3.74. The van der Waals surface area contributed by atoms with Gasteiger partial charge in [-0.05, 0) is 50.5 Å². The molecular weight excluding hydrogens is 238 g/mol. The summed E-state index contributed by atoms with van der Waals surface area (Å²) in [6.07, 6.45) is 0.645. The molecule has 0 bridgehead atoms. The molecule has 0 aliphatic carbocycles. The molecule has 1 heterocycles. The predicted molar refractivity (Wildman–Crippen MR) is 77.8 cm³/mol. The van der Waals surface area contributed by atoms with Crippen molar-refractivity contribution in [1.29, 1.82) is 0 Å². The van der Waals surface area contributed by atoms with E-state index in [0.717, 1.165) is 25.4 Å². The van der Waals surface area contributed by atoms with E-state index in [9.17, 15) is 0 Å². The van der Waals surface area contributed by atoms with Crippen molar-refractivity contribution in [3.05, 3.63) is 28.8 Å². The van der Waals surface area contributed by atoms with Crippen LogP contribution in [0.25, 0.3) is 0 Å². The van der Waals surface area contributed by atoms with E-state index in [0.29, 0.717) is 12.2 Å². The Morgan fingerprint density at radius 3 is 2.37 bits per heavy atom. The Balaban J connectivity index is 2.12. The normalized spacial score (nSPS) is 24.5. The third-order valence-electron chi connectivity index (χ3n) is 3.74. The van der Waals surface area contributed by atoms with E-state index in [-0.39, 0.29) is 0 Å². The van der Waals surface area contributed by atoms with E-state index in [2.05, 4.69) is 44.7 Å². The maximum Gasteiger partial charge on any atom is 0.122 e. The van der Waals surface area contributed by atoms with Gasteiger partial charge in [-0.1, -0.05) is 6.07 Å². The summed E-state index contributed by atoms with van der Waals surface area (Å²) in [4.78, 5) is 2.48. The van der Waals surface area contributed by atoms with Gasteiger partial charge in [-0.15, -0.1) is 0 Å². The van der Waals surface area contributed by atoms with Crippen LogP contribution in [0.4, 0.5) is 0 Å². The van der Waals surface area contributed by atoms with Crippen molar-refractivity contribution in [3.63, 3.8) is 0 Å². The van der Waals surface area contributed by atoms with Gasteiger partial charge in [-0.2, -0.15) is 0 Å². The highest BCUT2D eigenvalue weighted by atomic mass is 16.5. The van der Waals surface area contributed by atoms with Crippen molar-refractivity contribution >= 4 is 0 Å². The van der Waals surface area contributed by atoms with E-state index < -0.39 is 0 Å². The Kier molecular flexibility index (Phi) is 4.48. The van der Waals surface area contributed by atoms with Crippen LogP contribution in [0.5, 0.6) is 5.75 Å². The average molecular weight is 263 g/mol. The fourth-order valence-corrected chi connectivity index (χ4v) is 2.89. The number of methoxy groups -OCH3 is 1. The Hall–Kier alpha value is -1.06. The van der Waals surface area contributed by atoms with E-state index in [4.69, 9.17) is 9.47 Å². The zero-order chi connectivity index (χ0) is 14.0. The van der Waals surface area contributed by atoms with Crippen LogP contribution in [-0.2, 0) is 11.3 Å². The number of rotatable bonds is 3. The number of morpholine rings is 1. The van der Waals surface area contributed by atoms with Crippen LogP contribution in [0.15, 0.2) is 12.1 Å². The molecule has 3 nitrogen and oxygen atoms in total. The number of nitrogens with zero attached hydrogens (tertiary/aromatic N) is 1. The molecule has 2 rings (SSSR count). The molecule has 1 fully saturated rings. The summed E-state index contributed by atoms with van der Waals surface area (Å²) < 4.78 is 11.2. The third kappa shape index (κ3) is 3.48. The lowest BCUT2D eigenvalue weighted by atomic mass is 10.0. The number of ether oxygens (including phenoxy) is 2. The molecule has 0 amide bonds. The highest BCUT2D eigenvalue weighted by molar-refractivity contribution is 5.41. The van der Waals surface area contributed by atoms with Crippen molar-refractivity contribution in [1.82, 2.24) is 4.90 Å². The number of hydrogen-bond donors (Lipinski definition) is 0. The minimum Gasteiger partial charge on any atom is -0.496 e. The monoisotopic (exact) mass is 263 g/mol. The molecule has 2 atom stereocenters. The summed E-state index contributed by atoms with van der Waals surface area (Å²) in [6.45, 7) is 11.6. The van der Waals surface area contributed by atoms with Gasteiger partial charge in [0.05, 0.1) is 19.3 Å². The van der Waals surface area contributed by atoms with Gasteiger partial charge >= 0.3 is 0 Å². The molecule has 106 valence electrons. The van der Waals surface area contributed by atoms with Gasteiger partial charge in [0.1, 0.15) is 5.75 Å². The maximum atomic E-state index is 5.78. The zero-order valence-corrected chi connectivity index (χ0v) is 12.7. The molecule has 0 unspecified atom stereocenters. The molecule has 3 heteroatoms. The van der Waals surface area contributed by atoms with Crippen molar-refractivity contribution in [3.8, 4) is 5.75 Å². The summed E-state index contributed by atoms with van der Waals surface area (Å²) >= 11 is 0. The van der Waals surface area contributed by atoms with Crippen molar-refractivity contribution in [2.75, 3.05) is 20.2 Å². The lowest BCUT2D eigenvalue weighted by Crippen LogP contribution is -2.44. The van der Waals surface area contributed by atoms with Crippen LogP contribution in [0.3, 0.4) is 0 Å². The standard InChI is InChI=1S/C16H25NO2/c1-11-7-16(18-5)12(2)6-15(11)10-17-8-13(3)19-14(4)9-17/h6-7,13-14H,8-10H2,1-5H3/t13-,14+. The van der Waals surface area contributed by atoms with E-state index >= 15 is 0 Å². The van der Waals surface area contributed by atoms with Crippen molar-refractivity contribution in [2.45, 2.75) is 46.4 Å². The number of hydrogen-bond acceptors (Lipinski definition) is 3. The fourth-order valence-electron chi connectivity index (χ4n) is 2.89. The average Bonchev–Trinajstić information content (AvgIpc) is 2.32. The predicted octanol–water partition coefficient (Wildman–Crippen LogP) is 2.92. The lowest BCUT2D eigenvalue weighted by molar-refractivity contribution is -0.0705. The zero-order valence-electron chi connectivity index (χ0n) is 12.7. The Bertz CT molecular complexity index is 435. The largest absolute Gasteiger partial charge is 0.496 e. The Morgan fingerprint density at radius 1 is 1.16 bits per heavy atom. The number of benzene rings is 1. The maximum absolute atomic E-state index is 5.78. The minimum atomic E-state index is 0.323. The Morgan fingerprint density at radius 2 is 1.79 bits per heavy atom. The molecule has 0 radical (unpaired) electrons. The highest BCUT2D eigenvalue weighted by Gasteiger charge is 2.22. The first-order chi connectivity index (χ1) is 8.99. The molecule has 19 heavy (non-hydrogen) atoms. The lowest BCUT2D eigenvalue weighted by Gasteiger charge is -2.35. The van der Waals surface area contributed by atoms with Gasteiger partial charge in [0, 0.05) is 19.6 Å². The topological polar surface area (TPSA) is 21.7 Å². The second-order valence-corrected chi connectivity index (χ2v) is 5.70. The molecular formula is C16H25NO2. The molecule has 0 spiro atoms. The van der Waals surface area contributed by atoms with Crippen LogP contribution in [0.2, 0.25) is 0 Å². The van der Waals surface area contributed by atoms with Crippen LogP contribution in [-0.4, -0.2) is 37.3 Å². The van der Waals surface area contributed by atoms with Crippen molar-refractivity contribution in [2.24, 2.45) is 0 Å². The number of aryl methyl sites for hydroxylation is 2. The quantitative estimate of drug-likeness (QED) is 0.837. The second kappa shape index (κ2) is 5.93. The molecule has 1 aliphatic rings. The van der Waals surface area contributed by atoms with Crippen LogP contribution in [0, 0.1) is 13.8 Å². The highest BCUT2D eigenvalue weighted by Crippen LogP contribution is 2.24. The first-order valence-corrected chi connectivity index (χ1v) is 7.01. The summed E-state index contributed by atoms with van der Waals surface area (Å²) in [5, 5.41) is 0. The van der Waals surface area contributed by atoms with Gasteiger partial charge in [-0.25, -0.2) is 0 Å². The molecule has 1 saturated heterocycles. The smallest absolute Gasteiger partial charge is 0.122 e. The van der Waals surface area contributed by atoms with E-state index in [1.54, 1.807) is 7.11 Å². The summed E-state index contributed by atoms with van der Waals surface area (Å²) in [5.74, 6) is 0.977. The first-order valence-electron chi connectivity index (χ1n) is 7.01. The summed E-state index contributed by atoms with van der Waals surface area (Å²) in [5.41, 5.74) is 3.89. The van der Waals surface area contributed by atoms with E-state index in [1.807, 2.05) is 0 Å². The van der Waals surface area contributed by atoms with E-state index in [1.165, 1.54) is 16.7 Å². The van der Waals surface area contributed by atoms with Crippen LogP contribution in [0.1, 0.15) is 30.5 Å². The van der Waals surface area contributed by atoms with Gasteiger partial charge in [-0.3, -0.25) is 4.90 Å².